The highest BCUT2D eigenvalue weighted by Gasteiger charge is 2.29. The van der Waals surface area contributed by atoms with E-state index in [0.29, 0.717) is 16.3 Å². The Kier molecular flexibility index (Phi) is 8.72. The van der Waals surface area contributed by atoms with E-state index in [4.69, 9.17) is 21.1 Å². The van der Waals surface area contributed by atoms with E-state index in [1.54, 1.807) is 19.1 Å². The maximum Gasteiger partial charge on any atom is 0.264 e. The summed E-state index contributed by atoms with van der Waals surface area (Å²) in [5.74, 6) is 0.00175. The summed E-state index contributed by atoms with van der Waals surface area (Å²) in [6.45, 7) is 1.19. The molecule has 0 spiro atoms. The Balaban J connectivity index is 1.90. The number of carbonyl (C=O) groups excluding carboxylic acids is 1. The largest absolute Gasteiger partial charge is 0.493 e. The second-order valence-corrected chi connectivity index (χ2v) is 12.4. The van der Waals surface area contributed by atoms with Crippen molar-refractivity contribution in [2.24, 2.45) is 0 Å². The normalized spacial score (nSPS) is 12.5. The van der Waals surface area contributed by atoms with Gasteiger partial charge in [0, 0.05) is 17.3 Å². The molecule has 3 aromatic rings. The number of nitrogens with zero attached hydrogens (tertiary/aromatic N) is 1. The van der Waals surface area contributed by atoms with Crippen LogP contribution in [-0.2, 0) is 24.7 Å². The first-order chi connectivity index (χ1) is 17.4. The smallest absolute Gasteiger partial charge is 0.264 e. The van der Waals surface area contributed by atoms with Crippen LogP contribution in [0.1, 0.15) is 18.5 Å². The van der Waals surface area contributed by atoms with Crippen molar-refractivity contribution in [1.29, 1.82) is 0 Å². The zero-order valence-corrected chi connectivity index (χ0v) is 23.0. The molecule has 198 valence electrons. The number of nitrogens with one attached hydrogen (secondary N) is 1. The van der Waals surface area contributed by atoms with E-state index in [9.17, 15) is 21.6 Å². The van der Waals surface area contributed by atoms with Crippen LogP contribution in [0.4, 0.5) is 5.69 Å². The molecule has 0 saturated carbocycles. The van der Waals surface area contributed by atoms with E-state index in [1.165, 1.54) is 68.8 Å². The highest BCUT2D eigenvalue weighted by Crippen LogP contribution is 2.32. The van der Waals surface area contributed by atoms with Crippen LogP contribution in [0.15, 0.2) is 76.5 Å². The predicted molar refractivity (Wildman–Crippen MR) is 142 cm³/mol. The average Bonchev–Trinajstić information content (AvgIpc) is 2.86. The Hall–Kier alpha value is -3.28. The maximum atomic E-state index is 13.7. The number of carbonyl (C=O) groups is 1. The van der Waals surface area contributed by atoms with Crippen molar-refractivity contribution in [3.63, 3.8) is 0 Å². The molecule has 0 aliphatic carbocycles. The Labute approximate surface area is 221 Å². The number of hydrogen-bond acceptors (Lipinski definition) is 7. The molecule has 0 radical (unpaired) electrons. The van der Waals surface area contributed by atoms with Gasteiger partial charge in [0.2, 0.25) is 5.91 Å². The second kappa shape index (κ2) is 11.4. The molecule has 3 aromatic carbocycles. The molecule has 0 fully saturated rings. The molecule has 37 heavy (non-hydrogen) atoms. The zero-order chi connectivity index (χ0) is 27.4. The van der Waals surface area contributed by atoms with E-state index in [1.807, 2.05) is 0 Å². The molecule has 3 rings (SSSR count). The summed E-state index contributed by atoms with van der Waals surface area (Å²) >= 11 is 5.99. The fourth-order valence-electron chi connectivity index (χ4n) is 3.53. The van der Waals surface area contributed by atoms with Gasteiger partial charge >= 0.3 is 0 Å². The number of amides is 1. The quantitative estimate of drug-likeness (QED) is 0.396. The lowest BCUT2D eigenvalue weighted by Gasteiger charge is -2.25. The average molecular weight is 567 g/mol. The molecule has 0 heterocycles. The molecule has 1 unspecified atom stereocenters. The van der Waals surface area contributed by atoms with E-state index in [2.05, 4.69) is 5.32 Å². The molecule has 0 saturated heterocycles. The predicted octanol–water partition coefficient (Wildman–Crippen LogP) is 3.83. The molecule has 0 aromatic heterocycles. The molecule has 9 nitrogen and oxygen atoms in total. The minimum atomic E-state index is -4.21. The van der Waals surface area contributed by atoms with Crippen molar-refractivity contribution in [1.82, 2.24) is 5.32 Å². The molecular weight excluding hydrogens is 540 g/mol. The topological polar surface area (TPSA) is 119 Å². The molecular formula is C25H27ClN2O7S2. The molecule has 0 aliphatic heterocycles. The SMILES string of the molecule is COc1ccc(S(=O)(=O)N(CC(=O)NC(C)c2ccc(S(C)(=O)=O)cc2)c2ccc(Cl)cc2)cc1OC. The minimum absolute atomic E-state index is 0.0997. The van der Waals surface area contributed by atoms with Crippen LogP contribution in [0.25, 0.3) is 0 Å². The first-order valence-electron chi connectivity index (χ1n) is 11.0. The first-order valence-corrected chi connectivity index (χ1v) is 14.7. The third-order valence-corrected chi connectivity index (χ3v) is 8.68. The van der Waals surface area contributed by atoms with Crippen LogP contribution >= 0.6 is 11.6 Å². The van der Waals surface area contributed by atoms with E-state index >= 15 is 0 Å². The third-order valence-electron chi connectivity index (χ3n) is 5.53. The Morgan fingerprint density at radius 3 is 2.00 bits per heavy atom. The summed E-state index contributed by atoms with van der Waals surface area (Å²) in [5.41, 5.74) is 0.890. The van der Waals surface area contributed by atoms with Crippen molar-refractivity contribution in [2.75, 3.05) is 31.3 Å². The summed E-state index contributed by atoms with van der Waals surface area (Å²) in [5, 5.41) is 3.17. The minimum Gasteiger partial charge on any atom is -0.493 e. The third kappa shape index (κ3) is 6.73. The fraction of sp³-hybridized carbons (Fsp3) is 0.240. The van der Waals surface area contributed by atoms with Crippen LogP contribution in [0.2, 0.25) is 5.02 Å². The van der Waals surface area contributed by atoms with Crippen molar-refractivity contribution in [2.45, 2.75) is 22.8 Å². The van der Waals surface area contributed by atoms with Gasteiger partial charge in [-0.2, -0.15) is 0 Å². The van der Waals surface area contributed by atoms with Gasteiger partial charge in [-0.3, -0.25) is 9.10 Å². The number of sulfone groups is 1. The fourth-order valence-corrected chi connectivity index (χ4v) is 5.72. The Morgan fingerprint density at radius 1 is 0.892 bits per heavy atom. The highest BCUT2D eigenvalue weighted by atomic mass is 35.5. The van der Waals surface area contributed by atoms with Crippen LogP contribution in [0, 0.1) is 0 Å². The lowest BCUT2D eigenvalue weighted by atomic mass is 10.1. The molecule has 0 aliphatic rings. The molecule has 1 atom stereocenters. The van der Waals surface area contributed by atoms with Gasteiger partial charge in [0.15, 0.2) is 21.3 Å². The standard InChI is InChI=1S/C25H27ClN2O7S2/c1-17(18-5-11-21(12-6-18)36(4,30)31)27-25(29)16-28(20-9-7-19(26)8-10-20)37(32,33)22-13-14-23(34-2)24(15-22)35-3/h5-15,17H,16H2,1-4H3,(H,27,29). The van der Waals surface area contributed by atoms with Crippen molar-refractivity contribution in [3.05, 3.63) is 77.3 Å². The van der Waals surface area contributed by atoms with E-state index in [0.717, 1.165) is 10.6 Å². The van der Waals surface area contributed by atoms with Crippen molar-refractivity contribution in [3.8, 4) is 11.5 Å². The summed E-state index contributed by atoms with van der Waals surface area (Å²) in [6.07, 6.45) is 1.11. The highest BCUT2D eigenvalue weighted by molar-refractivity contribution is 7.93. The van der Waals surface area contributed by atoms with Gasteiger partial charge in [-0.15, -0.1) is 0 Å². The number of benzene rings is 3. The van der Waals surface area contributed by atoms with Crippen molar-refractivity contribution < 1.29 is 31.1 Å². The Bertz CT molecular complexity index is 1470. The number of anilines is 1. The van der Waals surface area contributed by atoms with Gasteiger partial charge in [0.25, 0.3) is 10.0 Å². The lowest BCUT2D eigenvalue weighted by Crippen LogP contribution is -2.41. The van der Waals surface area contributed by atoms with Gasteiger partial charge in [-0.05, 0) is 61.0 Å². The van der Waals surface area contributed by atoms with Gasteiger partial charge in [0.1, 0.15) is 6.54 Å². The van der Waals surface area contributed by atoms with Gasteiger partial charge in [-0.25, -0.2) is 16.8 Å². The number of rotatable bonds is 10. The van der Waals surface area contributed by atoms with E-state index in [-0.39, 0.29) is 21.2 Å². The Morgan fingerprint density at radius 2 is 1.46 bits per heavy atom. The van der Waals surface area contributed by atoms with Crippen LogP contribution in [-0.4, -0.2) is 49.8 Å². The molecule has 1 N–H and O–H groups in total. The number of sulfonamides is 1. The van der Waals surface area contributed by atoms with Gasteiger partial charge < -0.3 is 14.8 Å². The second-order valence-electron chi connectivity index (χ2n) is 8.14. The number of methoxy groups -OCH3 is 2. The molecule has 12 heteroatoms. The van der Waals surface area contributed by atoms with E-state index < -0.39 is 38.4 Å². The van der Waals surface area contributed by atoms with Crippen LogP contribution < -0.4 is 19.1 Å². The first kappa shape index (κ1) is 28.3. The van der Waals surface area contributed by atoms with Crippen LogP contribution in [0.5, 0.6) is 11.5 Å². The number of halogens is 1. The monoisotopic (exact) mass is 566 g/mol. The van der Waals surface area contributed by atoms with Crippen LogP contribution in [0.3, 0.4) is 0 Å². The number of hydrogen-bond donors (Lipinski definition) is 1. The van der Waals surface area contributed by atoms with Gasteiger partial charge in [-0.1, -0.05) is 23.7 Å². The molecule has 0 bridgehead atoms. The zero-order valence-electron chi connectivity index (χ0n) is 20.6. The summed E-state index contributed by atoms with van der Waals surface area (Å²) in [4.78, 5) is 13.1. The lowest BCUT2D eigenvalue weighted by molar-refractivity contribution is -0.120. The maximum absolute atomic E-state index is 13.7. The van der Waals surface area contributed by atoms with Crippen molar-refractivity contribution >= 4 is 43.1 Å². The molecule has 1 amide bonds. The summed E-state index contributed by atoms with van der Waals surface area (Å²) in [7, 11) is -4.74. The summed E-state index contributed by atoms with van der Waals surface area (Å²) < 4.78 is 62.1. The summed E-state index contributed by atoms with van der Waals surface area (Å²) in [6, 6.07) is 15.8. The number of ether oxygens (including phenoxy) is 2. The van der Waals surface area contributed by atoms with Gasteiger partial charge in [0.05, 0.1) is 35.7 Å².